The number of fused-ring (bicyclic) bond motifs is 1. The van der Waals surface area contributed by atoms with E-state index in [0.29, 0.717) is 22.6 Å². The molecule has 3 aromatic carbocycles. The van der Waals surface area contributed by atoms with Crippen LogP contribution in [0.1, 0.15) is 5.56 Å². The minimum absolute atomic E-state index is 0.0819. The predicted octanol–water partition coefficient (Wildman–Crippen LogP) is 4.56. The first-order chi connectivity index (χ1) is 17.0. The van der Waals surface area contributed by atoms with Gasteiger partial charge in [-0.1, -0.05) is 54.1 Å². The van der Waals surface area contributed by atoms with Crippen LogP contribution in [0.3, 0.4) is 0 Å². The molecule has 1 amide bonds. The monoisotopic (exact) mass is 483 g/mol. The quantitative estimate of drug-likeness (QED) is 0.355. The number of rotatable bonds is 6. The Morgan fingerprint density at radius 1 is 0.971 bits per heavy atom. The number of carbonyl (C=O) groups excluding carboxylic acids is 1. The number of benzene rings is 3. The van der Waals surface area contributed by atoms with Crippen LogP contribution in [-0.4, -0.2) is 37.2 Å². The summed E-state index contributed by atoms with van der Waals surface area (Å²) < 4.78 is 3.26. The van der Waals surface area contributed by atoms with Crippen molar-refractivity contribution in [1.82, 2.24) is 24.2 Å². The van der Waals surface area contributed by atoms with E-state index in [2.05, 4.69) is 4.98 Å². The minimum Gasteiger partial charge on any atom is -0.340 e. The van der Waals surface area contributed by atoms with Gasteiger partial charge in [0.05, 0.1) is 28.6 Å². The number of amides is 1. The average molecular weight is 484 g/mol. The zero-order chi connectivity index (χ0) is 24.4. The number of likely N-dealkylation sites (N-methyl/N-ethyl adjacent to an activating group) is 1. The molecule has 0 N–H and O–H groups in total. The van der Waals surface area contributed by atoms with Crippen LogP contribution in [0, 0.1) is 0 Å². The second-order valence-corrected chi connectivity index (χ2v) is 8.65. The summed E-state index contributed by atoms with van der Waals surface area (Å²) in [6, 6.07) is 24.5. The Hall–Kier alpha value is -4.23. The normalized spacial score (nSPS) is 11.0. The van der Waals surface area contributed by atoms with E-state index in [0.717, 1.165) is 22.5 Å². The summed E-state index contributed by atoms with van der Waals surface area (Å²) in [7, 11) is 1.72. The van der Waals surface area contributed by atoms with E-state index in [-0.39, 0.29) is 18.0 Å². The lowest BCUT2D eigenvalue weighted by Gasteiger charge is -2.18. The number of hydrogen-bond donors (Lipinski definition) is 0. The van der Waals surface area contributed by atoms with E-state index >= 15 is 0 Å². The smallest absolute Gasteiger partial charge is 0.269 e. The van der Waals surface area contributed by atoms with Gasteiger partial charge in [-0.25, -0.2) is 9.67 Å². The highest BCUT2D eigenvalue weighted by Gasteiger charge is 2.18. The Balaban J connectivity index is 1.46. The number of aromatic nitrogens is 4. The van der Waals surface area contributed by atoms with Gasteiger partial charge in [0.1, 0.15) is 6.54 Å². The molecular formula is C27H22ClN5O2. The topological polar surface area (TPSA) is 73.0 Å². The van der Waals surface area contributed by atoms with Gasteiger partial charge in [-0.3, -0.25) is 14.2 Å². The van der Waals surface area contributed by atoms with E-state index in [9.17, 15) is 9.59 Å². The summed E-state index contributed by atoms with van der Waals surface area (Å²) in [4.78, 5) is 31.4. The van der Waals surface area contributed by atoms with Crippen molar-refractivity contribution in [3.63, 3.8) is 0 Å². The van der Waals surface area contributed by atoms with Crippen LogP contribution in [-0.2, 0) is 17.9 Å². The first-order valence-corrected chi connectivity index (χ1v) is 11.5. The van der Waals surface area contributed by atoms with Crippen LogP contribution in [0.5, 0.6) is 0 Å². The lowest BCUT2D eigenvalue weighted by molar-refractivity contribution is -0.131. The highest BCUT2D eigenvalue weighted by atomic mass is 35.5. The molecule has 0 saturated carbocycles. The fourth-order valence-electron chi connectivity index (χ4n) is 3.97. The molecule has 2 heterocycles. The molecule has 0 radical (unpaired) electrons. The largest absolute Gasteiger partial charge is 0.340 e. The maximum atomic E-state index is 13.2. The third-order valence-corrected chi connectivity index (χ3v) is 6.06. The van der Waals surface area contributed by atoms with Crippen molar-refractivity contribution in [2.24, 2.45) is 0 Å². The predicted molar refractivity (Wildman–Crippen MR) is 136 cm³/mol. The van der Waals surface area contributed by atoms with Crippen LogP contribution >= 0.6 is 11.6 Å². The molecule has 0 spiro atoms. The van der Waals surface area contributed by atoms with Gasteiger partial charge in [0.2, 0.25) is 5.91 Å². The third-order valence-electron chi connectivity index (χ3n) is 5.81. The molecule has 0 atom stereocenters. The first kappa shape index (κ1) is 22.6. The Bertz CT molecular complexity index is 1560. The molecule has 0 aliphatic heterocycles. The summed E-state index contributed by atoms with van der Waals surface area (Å²) in [6.45, 7) is 0.239. The molecule has 8 heteroatoms. The minimum atomic E-state index is -0.316. The van der Waals surface area contributed by atoms with Crippen LogP contribution in [0.25, 0.3) is 28.0 Å². The first-order valence-electron chi connectivity index (χ1n) is 11.1. The molecule has 2 aromatic heterocycles. The maximum absolute atomic E-state index is 13.2. The average Bonchev–Trinajstić information content (AvgIpc) is 3.30. The Kier molecular flexibility index (Phi) is 6.16. The molecule has 7 nitrogen and oxygen atoms in total. The van der Waals surface area contributed by atoms with E-state index in [1.165, 1.54) is 10.8 Å². The van der Waals surface area contributed by atoms with Crippen molar-refractivity contribution in [3.05, 3.63) is 112 Å². The van der Waals surface area contributed by atoms with Crippen LogP contribution in [0.2, 0.25) is 5.02 Å². The number of hydrogen-bond acceptors (Lipinski definition) is 4. The molecule has 5 rings (SSSR count). The number of carbonyl (C=O) groups is 1. The molecule has 174 valence electrons. The Morgan fingerprint density at radius 2 is 1.69 bits per heavy atom. The summed E-state index contributed by atoms with van der Waals surface area (Å²) in [5.74, 6) is -0.196. The van der Waals surface area contributed by atoms with Gasteiger partial charge >= 0.3 is 0 Å². The highest BCUT2D eigenvalue weighted by molar-refractivity contribution is 6.30. The number of nitrogens with zero attached hydrogens (tertiary/aromatic N) is 5. The molecule has 0 aliphatic carbocycles. The fraction of sp³-hybridized carbons (Fsp3) is 0.111. The van der Waals surface area contributed by atoms with Crippen molar-refractivity contribution >= 4 is 28.5 Å². The van der Waals surface area contributed by atoms with Crippen molar-refractivity contribution in [1.29, 1.82) is 0 Å². The van der Waals surface area contributed by atoms with Gasteiger partial charge in [0.25, 0.3) is 5.56 Å². The number of halogens is 1. The summed E-state index contributed by atoms with van der Waals surface area (Å²) in [5, 5.41) is 5.44. The van der Waals surface area contributed by atoms with Gasteiger partial charge in [0, 0.05) is 35.9 Å². The van der Waals surface area contributed by atoms with Crippen LogP contribution < -0.4 is 5.56 Å². The molecular weight excluding hydrogens is 462 g/mol. The molecule has 5 aromatic rings. The van der Waals surface area contributed by atoms with E-state index < -0.39 is 0 Å². The summed E-state index contributed by atoms with van der Waals surface area (Å²) in [6.07, 6.45) is 3.18. The third kappa shape index (κ3) is 4.72. The van der Waals surface area contributed by atoms with E-state index in [1.54, 1.807) is 22.7 Å². The standard InChI is InChI=1S/C27H22ClN5O2/c1-31(26(35)18-32-24-10-6-5-9-23(24)29-15-25(32)34)16-20-17-33(22-7-3-2-4-8-22)30-27(20)19-11-13-21(28)14-12-19/h2-15,17H,16,18H2,1H3. The molecule has 0 bridgehead atoms. The molecule has 35 heavy (non-hydrogen) atoms. The lowest BCUT2D eigenvalue weighted by atomic mass is 10.1. The lowest BCUT2D eigenvalue weighted by Crippen LogP contribution is -2.33. The second-order valence-electron chi connectivity index (χ2n) is 8.21. The van der Waals surface area contributed by atoms with Gasteiger partial charge in [0.15, 0.2) is 0 Å². The van der Waals surface area contributed by atoms with Gasteiger partial charge in [-0.2, -0.15) is 5.10 Å². The van der Waals surface area contributed by atoms with Crippen molar-refractivity contribution in [2.45, 2.75) is 13.1 Å². The Labute approximate surface area is 206 Å². The van der Waals surface area contributed by atoms with E-state index in [1.807, 2.05) is 79.0 Å². The summed E-state index contributed by atoms with van der Waals surface area (Å²) >= 11 is 6.09. The van der Waals surface area contributed by atoms with Gasteiger partial charge in [-0.05, 0) is 36.4 Å². The van der Waals surface area contributed by atoms with Crippen LogP contribution in [0.4, 0.5) is 0 Å². The molecule has 0 unspecified atom stereocenters. The van der Waals surface area contributed by atoms with Crippen LogP contribution in [0.15, 0.2) is 96.1 Å². The van der Waals surface area contributed by atoms with Crippen molar-refractivity contribution in [2.75, 3.05) is 7.05 Å². The van der Waals surface area contributed by atoms with Crippen molar-refractivity contribution < 1.29 is 4.79 Å². The Morgan fingerprint density at radius 3 is 2.46 bits per heavy atom. The SMILES string of the molecule is CN(Cc1cn(-c2ccccc2)nc1-c1ccc(Cl)cc1)C(=O)Cn1c(=O)cnc2ccccc21. The zero-order valence-electron chi connectivity index (χ0n) is 19.0. The maximum Gasteiger partial charge on any atom is 0.269 e. The molecule has 0 saturated heterocycles. The zero-order valence-corrected chi connectivity index (χ0v) is 19.8. The van der Waals surface area contributed by atoms with Crippen molar-refractivity contribution in [3.8, 4) is 16.9 Å². The molecule has 0 aliphatic rings. The summed E-state index contributed by atoms with van der Waals surface area (Å²) in [5.41, 5.74) is 4.42. The molecule has 0 fully saturated rings. The van der Waals surface area contributed by atoms with Gasteiger partial charge < -0.3 is 4.90 Å². The highest BCUT2D eigenvalue weighted by Crippen LogP contribution is 2.26. The second kappa shape index (κ2) is 9.56. The number of para-hydroxylation sites is 3. The van der Waals surface area contributed by atoms with Gasteiger partial charge in [-0.15, -0.1) is 0 Å². The van der Waals surface area contributed by atoms with E-state index in [4.69, 9.17) is 16.7 Å². The fourth-order valence-corrected chi connectivity index (χ4v) is 4.09.